The topological polar surface area (TPSA) is 29.3 Å². The molecular weight excluding hydrogens is 268 g/mol. The second-order valence-electron chi connectivity index (χ2n) is 6.30. The standard InChI is InChI=1S/C17H27ClN2/c1-4-17(5-2)9-10-20(12-17)16-8-6-7-15(18)14(16)11-13(3)19/h6-8,13H,4-5,9-12,19H2,1-3H3. The second-order valence-corrected chi connectivity index (χ2v) is 6.70. The molecule has 1 aromatic carbocycles. The molecule has 3 heteroatoms. The van der Waals surface area contributed by atoms with Crippen molar-refractivity contribution in [3.63, 3.8) is 0 Å². The molecule has 1 aliphatic rings. The zero-order chi connectivity index (χ0) is 14.8. The maximum Gasteiger partial charge on any atom is 0.0459 e. The van der Waals surface area contributed by atoms with Crippen LogP contribution >= 0.6 is 11.6 Å². The molecule has 1 unspecified atom stereocenters. The predicted octanol–water partition coefficient (Wildman–Crippen LogP) is 4.25. The maximum atomic E-state index is 6.41. The van der Waals surface area contributed by atoms with Crippen LogP contribution in [-0.4, -0.2) is 19.1 Å². The molecule has 20 heavy (non-hydrogen) atoms. The van der Waals surface area contributed by atoms with E-state index in [0.717, 1.165) is 24.5 Å². The molecular formula is C17H27ClN2. The minimum absolute atomic E-state index is 0.137. The van der Waals surface area contributed by atoms with E-state index in [-0.39, 0.29) is 6.04 Å². The van der Waals surface area contributed by atoms with E-state index in [2.05, 4.69) is 30.9 Å². The predicted molar refractivity (Wildman–Crippen MR) is 88.7 cm³/mol. The number of nitrogens with zero attached hydrogens (tertiary/aromatic N) is 1. The fourth-order valence-corrected chi connectivity index (χ4v) is 3.58. The number of hydrogen-bond donors (Lipinski definition) is 1. The number of halogens is 1. The van der Waals surface area contributed by atoms with Gasteiger partial charge in [-0.2, -0.15) is 0 Å². The molecule has 112 valence electrons. The summed E-state index contributed by atoms with van der Waals surface area (Å²) in [6.45, 7) is 8.95. The lowest BCUT2D eigenvalue weighted by atomic mass is 9.82. The molecule has 0 aliphatic carbocycles. The first-order chi connectivity index (χ1) is 9.51. The van der Waals surface area contributed by atoms with Crippen LogP contribution in [0.15, 0.2) is 18.2 Å². The summed E-state index contributed by atoms with van der Waals surface area (Å²) in [5.41, 5.74) is 8.97. The summed E-state index contributed by atoms with van der Waals surface area (Å²) in [6, 6.07) is 6.37. The summed E-state index contributed by atoms with van der Waals surface area (Å²) in [5.74, 6) is 0. The van der Waals surface area contributed by atoms with E-state index in [1.54, 1.807) is 0 Å². The number of hydrogen-bond acceptors (Lipinski definition) is 2. The number of benzene rings is 1. The molecule has 0 amide bonds. The van der Waals surface area contributed by atoms with Crippen molar-refractivity contribution in [1.82, 2.24) is 0 Å². The summed E-state index contributed by atoms with van der Waals surface area (Å²) in [4.78, 5) is 2.51. The Morgan fingerprint density at radius 2 is 2.05 bits per heavy atom. The Balaban J connectivity index is 2.28. The first kappa shape index (κ1) is 15.7. The van der Waals surface area contributed by atoms with Crippen LogP contribution in [-0.2, 0) is 6.42 Å². The molecule has 1 fully saturated rings. The van der Waals surface area contributed by atoms with E-state index in [1.165, 1.54) is 30.5 Å². The van der Waals surface area contributed by atoms with Gasteiger partial charge in [0.1, 0.15) is 0 Å². The molecule has 0 saturated carbocycles. The van der Waals surface area contributed by atoms with Gasteiger partial charge in [0, 0.05) is 29.8 Å². The molecule has 0 spiro atoms. The third-order valence-corrected chi connectivity index (χ3v) is 5.25. The number of anilines is 1. The van der Waals surface area contributed by atoms with Crippen molar-refractivity contribution in [2.24, 2.45) is 11.1 Å². The van der Waals surface area contributed by atoms with Crippen LogP contribution in [0.3, 0.4) is 0 Å². The molecule has 1 saturated heterocycles. The normalized spacial score (nSPS) is 19.4. The first-order valence-corrected chi connectivity index (χ1v) is 8.17. The van der Waals surface area contributed by atoms with Gasteiger partial charge in [-0.15, -0.1) is 0 Å². The molecule has 2 nitrogen and oxygen atoms in total. The van der Waals surface area contributed by atoms with Gasteiger partial charge in [0.05, 0.1) is 0 Å². The molecule has 1 aliphatic heterocycles. The summed E-state index contributed by atoms with van der Waals surface area (Å²) in [6.07, 6.45) is 4.63. The largest absolute Gasteiger partial charge is 0.371 e. The quantitative estimate of drug-likeness (QED) is 0.880. The third kappa shape index (κ3) is 3.12. The van der Waals surface area contributed by atoms with Crippen LogP contribution in [0, 0.1) is 5.41 Å². The minimum atomic E-state index is 0.137. The van der Waals surface area contributed by atoms with Crippen LogP contribution < -0.4 is 10.6 Å². The van der Waals surface area contributed by atoms with Crippen LogP contribution in [0.1, 0.15) is 45.6 Å². The summed E-state index contributed by atoms with van der Waals surface area (Å²) in [7, 11) is 0. The minimum Gasteiger partial charge on any atom is -0.371 e. The third-order valence-electron chi connectivity index (χ3n) is 4.90. The number of nitrogens with two attached hydrogens (primary N) is 1. The van der Waals surface area contributed by atoms with Crippen molar-refractivity contribution in [2.75, 3.05) is 18.0 Å². The zero-order valence-corrected chi connectivity index (χ0v) is 13.7. The molecule has 1 aromatic rings. The van der Waals surface area contributed by atoms with Crippen molar-refractivity contribution in [1.29, 1.82) is 0 Å². The molecule has 2 N–H and O–H groups in total. The molecule has 2 rings (SSSR count). The highest BCUT2D eigenvalue weighted by molar-refractivity contribution is 6.31. The number of rotatable bonds is 5. The van der Waals surface area contributed by atoms with Crippen molar-refractivity contribution in [3.8, 4) is 0 Å². The van der Waals surface area contributed by atoms with E-state index < -0.39 is 0 Å². The summed E-state index contributed by atoms with van der Waals surface area (Å²) in [5, 5.41) is 0.852. The highest BCUT2D eigenvalue weighted by atomic mass is 35.5. The van der Waals surface area contributed by atoms with E-state index in [0.29, 0.717) is 5.41 Å². The molecule has 1 heterocycles. The van der Waals surface area contributed by atoms with Crippen molar-refractivity contribution < 1.29 is 0 Å². The van der Waals surface area contributed by atoms with E-state index in [9.17, 15) is 0 Å². The highest BCUT2D eigenvalue weighted by Gasteiger charge is 2.35. The van der Waals surface area contributed by atoms with Gasteiger partial charge >= 0.3 is 0 Å². The summed E-state index contributed by atoms with van der Waals surface area (Å²) >= 11 is 6.41. The van der Waals surface area contributed by atoms with Gasteiger partial charge in [0.15, 0.2) is 0 Å². The Kier molecular flexibility index (Phi) is 4.98. The Morgan fingerprint density at radius 3 is 2.60 bits per heavy atom. The second kappa shape index (κ2) is 6.36. The average Bonchev–Trinajstić information content (AvgIpc) is 2.86. The lowest BCUT2D eigenvalue weighted by molar-refractivity contribution is 0.301. The van der Waals surface area contributed by atoms with Gasteiger partial charge in [0.2, 0.25) is 0 Å². The van der Waals surface area contributed by atoms with Crippen LogP contribution in [0.5, 0.6) is 0 Å². The summed E-state index contributed by atoms with van der Waals surface area (Å²) < 4.78 is 0. The SMILES string of the molecule is CCC1(CC)CCN(c2cccc(Cl)c2CC(C)N)C1. The van der Waals surface area contributed by atoms with Gasteiger partial charge in [-0.05, 0) is 55.7 Å². The average molecular weight is 295 g/mol. The Morgan fingerprint density at radius 1 is 1.35 bits per heavy atom. The van der Waals surface area contributed by atoms with Gasteiger partial charge in [-0.1, -0.05) is 31.5 Å². The molecule has 0 radical (unpaired) electrons. The van der Waals surface area contributed by atoms with Crippen LogP contribution in [0.4, 0.5) is 5.69 Å². The Hall–Kier alpha value is -0.730. The lowest BCUT2D eigenvalue weighted by Crippen LogP contribution is -2.28. The fraction of sp³-hybridized carbons (Fsp3) is 0.647. The van der Waals surface area contributed by atoms with Gasteiger partial charge < -0.3 is 10.6 Å². The zero-order valence-electron chi connectivity index (χ0n) is 13.0. The van der Waals surface area contributed by atoms with E-state index >= 15 is 0 Å². The maximum absolute atomic E-state index is 6.41. The van der Waals surface area contributed by atoms with Crippen molar-refractivity contribution in [3.05, 3.63) is 28.8 Å². The Bertz CT molecular complexity index is 452. The van der Waals surface area contributed by atoms with E-state index in [1.807, 2.05) is 13.0 Å². The van der Waals surface area contributed by atoms with Crippen molar-refractivity contribution >= 4 is 17.3 Å². The first-order valence-electron chi connectivity index (χ1n) is 7.79. The van der Waals surface area contributed by atoms with Crippen LogP contribution in [0.25, 0.3) is 0 Å². The fourth-order valence-electron chi connectivity index (χ4n) is 3.34. The molecule has 0 aromatic heterocycles. The molecule has 1 atom stereocenters. The highest BCUT2D eigenvalue weighted by Crippen LogP contribution is 2.41. The lowest BCUT2D eigenvalue weighted by Gasteiger charge is -2.28. The van der Waals surface area contributed by atoms with Gasteiger partial charge in [-0.3, -0.25) is 0 Å². The molecule has 0 bridgehead atoms. The monoisotopic (exact) mass is 294 g/mol. The van der Waals surface area contributed by atoms with Gasteiger partial charge in [0.25, 0.3) is 0 Å². The smallest absolute Gasteiger partial charge is 0.0459 e. The van der Waals surface area contributed by atoms with E-state index in [4.69, 9.17) is 17.3 Å². The van der Waals surface area contributed by atoms with Crippen LogP contribution in [0.2, 0.25) is 5.02 Å². The van der Waals surface area contributed by atoms with Gasteiger partial charge in [-0.25, -0.2) is 0 Å². The Labute approximate surface area is 128 Å². The van der Waals surface area contributed by atoms with Crippen molar-refractivity contribution in [2.45, 2.75) is 52.5 Å².